The summed E-state index contributed by atoms with van der Waals surface area (Å²) in [6.45, 7) is 1.48. The zero-order chi connectivity index (χ0) is 33.2. The van der Waals surface area contributed by atoms with Crippen LogP contribution in [0.4, 0.5) is 8.78 Å². The molecule has 0 saturated heterocycles. The highest BCUT2D eigenvalue weighted by atomic mass is 35.5. The van der Waals surface area contributed by atoms with Crippen LogP contribution in [0.5, 0.6) is 23.0 Å². The minimum atomic E-state index is -3.91. The number of alkyl halides is 2. The predicted octanol–water partition coefficient (Wildman–Crippen LogP) is 4.94. The SMILES string of the molecule is CCOc1c(C(N)=O)cc([C@@](O)(CNC(=O)c2cc(OC)c3nn(C4CC4)cc3c2)C2CC2)nc1-c1cc2c(cc1Cl)OC(F)(F)O2. The van der Waals surface area contributed by atoms with Crippen molar-refractivity contribution in [3.05, 3.63) is 58.4 Å². The van der Waals surface area contributed by atoms with Crippen molar-refractivity contribution < 1.29 is 42.4 Å². The molecule has 0 unspecified atom stereocenters. The van der Waals surface area contributed by atoms with Gasteiger partial charge in [-0.3, -0.25) is 14.3 Å². The number of carbonyl (C=O) groups is 2. The molecule has 47 heavy (non-hydrogen) atoms. The second kappa shape index (κ2) is 11.2. The highest BCUT2D eigenvalue weighted by Crippen LogP contribution is 2.50. The fourth-order valence-electron chi connectivity index (χ4n) is 5.82. The van der Waals surface area contributed by atoms with Crippen LogP contribution in [0, 0.1) is 5.92 Å². The summed E-state index contributed by atoms with van der Waals surface area (Å²) >= 11 is 6.51. The minimum Gasteiger partial charge on any atom is -0.494 e. The third kappa shape index (κ3) is 5.65. The Balaban J connectivity index is 1.26. The van der Waals surface area contributed by atoms with Crippen molar-refractivity contribution in [3.8, 4) is 34.3 Å². The molecule has 12 nitrogen and oxygen atoms in total. The zero-order valence-electron chi connectivity index (χ0n) is 25.3. The molecule has 2 aromatic carbocycles. The topological polar surface area (TPSA) is 160 Å². The number of fused-ring (bicyclic) bond motifs is 2. The van der Waals surface area contributed by atoms with Gasteiger partial charge in [0.2, 0.25) is 0 Å². The van der Waals surface area contributed by atoms with Crippen LogP contribution in [0.3, 0.4) is 0 Å². The fourth-order valence-corrected chi connectivity index (χ4v) is 6.06. The third-order valence-corrected chi connectivity index (χ3v) is 8.80. The average molecular weight is 670 g/mol. The van der Waals surface area contributed by atoms with E-state index in [1.54, 1.807) is 19.1 Å². The molecule has 246 valence electrons. The van der Waals surface area contributed by atoms with E-state index in [2.05, 4.69) is 24.9 Å². The number of hydrogen-bond donors (Lipinski definition) is 3. The summed E-state index contributed by atoms with van der Waals surface area (Å²) in [5.74, 6) is -1.94. The highest BCUT2D eigenvalue weighted by molar-refractivity contribution is 6.33. The number of rotatable bonds is 11. The molecule has 0 bridgehead atoms. The first-order valence-electron chi connectivity index (χ1n) is 15.1. The number of amides is 2. The van der Waals surface area contributed by atoms with Crippen LogP contribution < -0.4 is 30.0 Å². The molecule has 2 aromatic heterocycles. The van der Waals surface area contributed by atoms with Crippen molar-refractivity contribution in [2.24, 2.45) is 11.7 Å². The van der Waals surface area contributed by atoms with Crippen molar-refractivity contribution in [3.63, 3.8) is 0 Å². The lowest BCUT2D eigenvalue weighted by atomic mass is 9.90. The van der Waals surface area contributed by atoms with Crippen LogP contribution in [0.1, 0.15) is 65.1 Å². The van der Waals surface area contributed by atoms with Crippen LogP contribution in [0.2, 0.25) is 5.02 Å². The number of halogens is 3. The first-order chi connectivity index (χ1) is 22.4. The maximum atomic E-state index is 13.8. The summed E-state index contributed by atoms with van der Waals surface area (Å²) in [5.41, 5.74) is 4.83. The molecule has 2 fully saturated rings. The van der Waals surface area contributed by atoms with Crippen molar-refractivity contribution in [1.82, 2.24) is 20.1 Å². The Kier molecular flexibility index (Phi) is 7.39. The minimum absolute atomic E-state index is 0.00496. The highest BCUT2D eigenvalue weighted by Gasteiger charge is 2.48. The molecule has 3 aliphatic rings. The molecule has 0 radical (unpaired) electrons. The third-order valence-electron chi connectivity index (χ3n) is 8.48. The second-order valence-corrected chi connectivity index (χ2v) is 12.2. The molecule has 4 aromatic rings. The van der Waals surface area contributed by atoms with Gasteiger partial charge in [-0.2, -0.15) is 5.10 Å². The lowest BCUT2D eigenvalue weighted by Gasteiger charge is -2.29. The molecule has 15 heteroatoms. The quantitative estimate of drug-likeness (QED) is 0.201. The number of hydrogen-bond acceptors (Lipinski definition) is 9. The summed E-state index contributed by atoms with van der Waals surface area (Å²) in [6.07, 6.45) is 1.28. The van der Waals surface area contributed by atoms with E-state index in [0.717, 1.165) is 24.3 Å². The van der Waals surface area contributed by atoms with Crippen LogP contribution in [-0.2, 0) is 5.60 Å². The van der Waals surface area contributed by atoms with Gasteiger partial charge in [0.05, 0.1) is 42.6 Å². The standard InChI is InChI=1S/C32H30ClF2N5O7/c1-3-45-28-20(29(36)41)11-25(38-27(28)19-10-22-23(12-21(19)33)47-32(34,35)46-22)31(43,17-4-5-17)14-37-30(42)15-8-16-13-40(18-6-7-18)39-26(16)24(9-15)44-2/h8-13,17-18,43H,3-7,14H2,1-2H3,(H2,36,41)(H,37,42)/t31-/m1/s1. The van der Waals surface area contributed by atoms with Gasteiger partial charge in [0.25, 0.3) is 11.8 Å². The molecule has 2 saturated carbocycles. The molecule has 1 aliphatic heterocycles. The van der Waals surface area contributed by atoms with Gasteiger partial charge in [-0.1, -0.05) is 11.6 Å². The first-order valence-corrected chi connectivity index (χ1v) is 15.4. The van der Waals surface area contributed by atoms with E-state index in [9.17, 15) is 23.5 Å². The van der Waals surface area contributed by atoms with Gasteiger partial charge in [-0.15, -0.1) is 8.78 Å². The van der Waals surface area contributed by atoms with Crippen molar-refractivity contribution in [1.29, 1.82) is 0 Å². The number of methoxy groups -OCH3 is 1. The Labute approximate surface area is 271 Å². The van der Waals surface area contributed by atoms with Gasteiger partial charge < -0.3 is 35.1 Å². The Morgan fingerprint density at radius 2 is 1.89 bits per heavy atom. The zero-order valence-corrected chi connectivity index (χ0v) is 26.1. The molecule has 0 spiro atoms. The van der Waals surface area contributed by atoms with E-state index in [1.165, 1.54) is 19.2 Å². The van der Waals surface area contributed by atoms with E-state index in [4.69, 9.17) is 26.8 Å². The Bertz CT molecular complexity index is 1940. The lowest BCUT2D eigenvalue weighted by Crippen LogP contribution is -2.43. The largest absolute Gasteiger partial charge is 0.586 e. The van der Waals surface area contributed by atoms with Crippen LogP contribution in [0.25, 0.3) is 22.2 Å². The van der Waals surface area contributed by atoms with E-state index >= 15 is 0 Å². The van der Waals surface area contributed by atoms with Crippen molar-refractivity contribution >= 4 is 34.3 Å². The van der Waals surface area contributed by atoms with Gasteiger partial charge in [0.15, 0.2) is 17.2 Å². The maximum absolute atomic E-state index is 13.8. The fraction of sp³-hybridized carbons (Fsp3) is 0.375. The van der Waals surface area contributed by atoms with E-state index < -0.39 is 23.7 Å². The van der Waals surface area contributed by atoms with E-state index in [0.29, 0.717) is 35.7 Å². The number of aromatic nitrogens is 3. The van der Waals surface area contributed by atoms with Gasteiger partial charge >= 0.3 is 6.29 Å². The average Bonchev–Trinajstić information content (AvgIpc) is 3.97. The van der Waals surface area contributed by atoms with Crippen LogP contribution >= 0.6 is 11.6 Å². The smallest absolute Gasteiger partial charge is 0.494 e. The number of carbonyl (C=O) groups excluding carboxylic acids is 2. The Morgan fingerprint density at radius 1 is 1.17 bits per heavy atom. The molecular formula is C32H30ClF2N5O7. The number of pyridine rings is 1. The van der Waals surface area contributed by atoms with Crippen molar-refractivity contribution in [2.45, 2.75) is 50.5 Å². The summed E-state index contributed by atoms with van der Waals surface area (Å²) in [6, 6.07) is 7.26. The molecule has 1 atom stereocenters. The Hall–Kier alpha value is -4.69. The lowest BCUT2D eigenvalue weighted by molar-refractivity contribution is -0.286. The first kappa shape index (κ1) is 30.9. The Morgan fingerprint density at radius 3 is 2.53 bits per heavy atom. The number of nitrogens with two attached hydrogens (primary N) is 1. The number of benzene rings is 2. The number of primary amides is 1. The summed E-state index contributed by atoms with van der Waals surface area (Å²) in [4.78, 5) is 30.9. The summed E-state index contributed by atoms with van der Waals surface area (Å²) in [7, 11) is 1.50. The predicted molar refractivity (Wildman–Crippen MR) is 164 cm³/mol. The van der Waals surface area contributed by atoms with Gasteiger partial charge in [-0.25, -0.2) is 4.98 Å². The molecule has 7 rings (SSSR count). The summed E-state index contributed by atoms with van der Waals surface area (Å²) in [5, 5.41) is 20.3. The van der Waals surface area contributed by atoms with Crippen LogP contribution in [-0.4, -0.2) is 58.2 Å². The van der Waals surface area contributed by atoms with E-state index in [-0.39, 0.29) is 63.9 Å². The van der Waals surface area contributed by atoms with Gasteiger partial charge in [-0.05, 0) is 62.8 Å². The number of aliphatic hydroxyl groups is 1. The molecule has 2 amide bonds. The van der Waals surface area contributed by atoms with Crippen LogP contribution in [0.15, 0.2) is 36.5 Å². The number of nitrogens with one attached hydrogen (secondary N) is 1. The monoisotopic (exact) mass is 669 g/mol. The number of nitrogens with zero attached hydrogens (tertiary/aromatic N) is 3. The second-order valence-electron chi connectivity index (χ2n) is 11.8. The molecule has 2 aliphatic carbocycles. The van der Waals surface area contributed by atoms with Gasteiger partial charge in [0, 0.05) is 28.8 Å². The maximum Gasteiger partial charge on any atom is 0.586 e. The van der Waals surface area contributed by atoms with Crippen molar-refractivity contribution in [2.75, 3.05) is 20.3 Å². The van der Waals surface area contributed by atoms with Gasteiger partial charge in [0.1, 0.15) is 22.6 Å². The van der Waals surface area contributed by atoms with E-state index in [1.807, 2.05) is 10.9 Å². The normalized spacial score (nSPS) is 17.7. The number of ether oxygens (including phenoxy) is 4. The molecule has 4 N–H and O–H groups in total. The molecular weight excluding hydrogens is 640 g/mol. The molecule has 3 heterocycles. The summed E-state index contributed by atoms with van der Waals surface area (Å²) < 4.78 is 50.0.